The Morgan fingerprint density at radius 2 is 1.28 bits per heavy atom. The van der Waals surface area contributed by atoms with Crippen LogP contribution in [0.5, 0.6) is 17.2 Å². The maximum absolute atomic E-state index is 10.5. The van der Waals surface area contributed by atoms with Crippen molar-refractivity contribution in [2.24, 2.45) is 0 Å². The van der Waals surface area contributed by atoms with Gasteiger partial charge in [0.2, 0.25) is 5.75 Å². The molecule has 1 N–H and O–H groups in total. The van der Waals surface area contributed by atoms with E-state index in [9.17, 15) is 5.11 Å². The van der Waals surface area contributed by atoms with Crippen LogP contribution in [0.25, 0.3) is 0 Å². The third-order valence-electron chi connectivity index (χ3n) is 3.79. The number of alkyl halides is 1. The summed E-state index contributed by atoms with van der Waals surface area (Å²) in [4.78, 5) is 0. The van der Waals surface area contributed by atoms with E-state index in [1.165, 1.54) is 0 Å². The number of aromatic hydroxyl groups is 1. The normalized spacial score (nSPS) is 10.4. The van der Waals surface area contributed by atoms with Crippen LogP contribution in [0.2, 0.25) is 0 Å². The number of hydrogen-bond donors (Lipinski definition) is 1. The lowest BCUT2D eigenvalue weighted by molar-refractivity contribution is 0.245. The zero-order valence-electron chi connectivity index (χ0n) is 13.7. The van der Waals surface area contributed by atoms with Crippen LogP contribution in [-0.2, 0) is 19.1 Å². The van der Waals surface area contributed by atoms with E-state index >= 15 is 0 Å². The summed E-state index contributed by atoms with van der Waals surface area (Å²) < 4.78 is 11.7. The molecule has 0 spiro atoms. The van der Waals surface area contributed by atoms with Gasteiger partial charge in [0.15, 0.2) is 11.5 Å². The summed E-state index contributed by atoms with van der Waals surface area (Å²) in [5, 5.41) is 10.5. The molecule has 0 radical (unpaired) electrons. The Morgan fingerprint density at radius 1 is 0.720 bits per heavy atom. The molecule has 0 saturated heterocycles. The summed E-state index contributed by atoms with van der Waals surface area (Å²) in [7, 11) is 0. The molecule has 0 unspecified atom stereocenters. The van der Waals surface area contributed by atoms with Gasteiger partial charge >= 0.3 is 0 Å². The van der Waals surface area contributed by atoms with Gasteiger partial charge in [-0.3, -0.25) is 0 Å². The molecule has 3 aromatic rings. The van der Waals surface area contributed by atoms with Gasteiger partial charge in [-0.1, -0.05) is 66.7 Å². The predicted molar refractivity (Wildman–Crippen MR) is 99.2 cm³/mol. The Kier molecular flexibility index (Phi) is 5.81. The van der Waals surface area contributed by atoms with Crippen molar-refractivity contribution in [3.05, 3.63) is 89.5 Å². The van der Waals surface area contributed by atoms with Crippen LogP contribution < -0.4 is 9.47 Å². The first kappa shape index (κ1) is 17.2. The number of rotatable bonds is 7. The van der Waals surface area contributed by atoms with Crippen molar-refractivity contribution >= 4 is 11.6 Å². The molecule has 0 aliphatic heterocycles. The highest BCUT2D eigenvalue weighted by atomic mass is 35.5. The predicted octanol–water partition coefficient (Wildman–Crippen LogP) is 5.29. The maximum Gasteiger partial charge on any atom is 0.204 e. The number of phenols is 1. The highest BCUT2D eigenvalue weighted by molar-refractivity contribution is 6.17. The molecular weight excluding hydrogens is 336 g/mol. The first-order chi connectivity index (χ1) is 12.3. The monoisotopic (exact) mass is 354 g/mol. The van der Waals surface area contributed by atoms with Crippen molar-refractivity contribution in [2.75, 3.05) is 0 Å². The third kappa shape index (κ3) is 4.46. The maximum atomic E-state index is 10.5. The van der Waals surface area contributed by atoms with Crippen LogP contribution in [0.3, 0.4) is 0 Å². The van der Waals surface area contributed by atoms with Gasteiger partial charge in [-0.05, 0) is 17.2 Å². The standard InChI is InChI=1S/C21H19ClO3/c22-13-18-11-12-19(24-14-16-7-3-1-4-8-16)21(20(18)23)25-15-17-9-5-2-6-10-17/h1-12,23H,13-15H2. The molecule has 128 valence electrons. The minimum absolute atomic E-state index is 0.0245. The molecule has 0 amide bonds. The summed E-state index contributed by atoms with van der Waals surface area (Å²) in [6, 6.07) is 23.1. The molecule has 0 heterocycles. The number of hydrogen-bond acceptors (Lipinski definition) is 3. The van der Waals surface area contributed by atoms with Crippen LogP contribution in [0.1, 0.15) is 16.7 Å². The van der Waals surface area contributed by atoms with Crippen molar-refractivity contribution in [2.45, 2.75) is 19.1 Å². The van der Waals surface area contributed by atoms with Gasteiger partial charge in [0.05, 0.1) is 5.88 Å². The molecule has 0 atom stereocenters. The van der Waals surface area contributed by atoms with Gasteiger partial charge in [-0.15, -0.1) is 11.6 Å². The highest BCUT2D eigenvalue weighted by Crippen LogP contribution is 2.40. The van der Waals surface area contributed by atoms with E-state index in [-0.39, 0.29) is 11.6 Å². The highest BCUT2D eigenvalue weighted by Gasteiger charge is 2.15. The lowest BCUT2D eigenvalue weighted by atomic mass is 10.2. The van der Waals surface area contributed by atoms with Crippen LogP contribution in [-0.4, -0.2) is 5.11 Å². The molecule has 3 nitrogen and oxygen atoms in total. The first-order valence-electron chi connectivity index (χ1n) is 8.02. The Balaban J connectivity index is 1.80. The molecular formula is C21H19ClO3. The van der Waals surface area contributed by atoms with Crippen LogP contribution >= 0.6 is 11.6 Å². The zero-order chi connectivity index (χ0) is 17.5. The molecule has 0 aliphatic rings. The van der Waals surface area contributed by atoms with Crippen molar-refractivity contribution < 1.29 is 14.6 Å². The van der Waals surface area contributed by atoms with Crippen molar-refractivity contribution in [3.8, 4) is 17.2 Å². The third-order valence-corrected chi connectivity index (χ3v) is 4.07. The average Bonchev–Trinajstić information content (AvgIpc) is 2.67. The fourth-order valence-corrected chi connectivity index (χ4v) is 2.64. The van der Waals surface area contributed by atoms with Crippen LogP contribution in [0, 0.1) is 0 Å². The van der Waals surface area contributed by atoms with E-state index < -0.39 is 0 Å². The van der Waals surface area contributed by atoms with E-state index in [0.29, 0.717) is 30.3 Å². The Labute approximate surface area is 152 Å². The zero-order valence-corrected chi connectivity index (χ0v) is 14.4. The number of benzene rings is 3. The van der Waals surface area contributed by atoms with E-state index in [1.54, 1.807) is 12.1 Å². The second-order valence-corrected chi connectivity index (χ2v) is 5.85. The SMILES string of the molecule is Oc1c(CCl)ccc(OCc2ccccc2)c1OCc1ccccc1. The summed E-state index contributed by atoms with van der Waals surface area (Å²) in [5.41, 5.74) is 2.65. The molecule has 0 aliphatic carbocycles. The molecule has 3 rings (SSSR count). The van der Waals surface area contributed by atoms with Crippen molar-refractivity contribution in [1.29, 1.82) is 0 Å². The summed E-state index contributed by atoms with van der Waals surface area (Å²) in [6.07, 6.45) is 0. The first-order valence-corrected chi connectivity index (χ1v) is 8.55. The fraction of sp³-hybridized carbons (Fsp3) is 0.143. The lowest BCUT2D eigenvalue weighted by Gasteiger charge is -2.16. The second kappa shape index (κ2) is 8.45. The van der Waals surface area contributed by atoms with E-state index in [4.69, 9.17) is 21.1 Å². The molecule has 0 bridgehead atoms. The summed E-state index contributed by atoms with van der Waals surface area (Å²) in [5.74, 6) is 1.03. The smallest absolute Gasteiger partial charge is 0.204 e. The van der Waals surface area contributed by atoms with Crippen molar-refractivity contribution in [3.63, 3.8) is 0 Å². The van der Waals surface area contributed by atoms with Crippen molar-refractivity contribution in [1.82, 2.24) is 0 Å². The quantitative estimate of drug-likeness (QED) is 0.586. The summed E-state index contributed by atoms with van der Waals surface area (Å²) >= 11 is 5.89. The minimum Gasteiger partial charge on any atom is -0.504 e. The Hall–Kier alpha value is -2.65. The van der Waals surface area contributed by atoms with Gasteiger partial charge < -0.3 is 14.6 Å². The largest absolute Gasteiger partial charge is 0.504 e. The van der Waals surface area contributed by atoms with Gasteiger partial charge in [0.1, 0.15) is 13.2 Å². The summed E-state index contributed by atoms with van der Waals surface area (Å²) in [6.45, 7) is 0.726. The van der Waals surface area contributed by atoms with Crippen LogP contribution in [0.15, 0.2) is 72.8 Å². The van der Waals surface area contributed by atoms with E-state index in [0.717, 1.165) is 11.1 Å². The van der Waals surface area contributed by atoms with E-state index in [1.807, 2.05) is 60.7 Å². The lowest BCUT2D eigenvalue weighted by Crippen LogP contribution is -2.01. The fourth-order valence-electron chi connectivity index (χ4n) is 2.42. The van der Waals surface area contributed by atoms with Crippen LogP contribution in [0.4, 0.5) is 0 Å². The topological polar surface area (TPSA) is 38.7 Å². The van der Waals surface area contributed by atoms with Gasteiger partial charge in [-0.25, -0.2) is 0 Å². The molecule has 0 fully saturated rings. The second-order valence-electron chi connectivity index (χ2n) is 5.58. The van der Waals surface area contributed by atoms with Gasteiger partial charge in [-0.2, -0.15) is 0 Å². The average molecular weight is 355 g/mol. The molecule has 0 aromatic heterocycles. The van der Waals surface area contributed by atoms with E-state index in [2.05, 4.69) is 0 Å². The number of halogens is 1. The Morgan fingerprint density at radius 3 is 1.84 bits per heavy atom. The molecule has 3 aromatic carbocycles. The number of ether oxygens (including phenoxy) is 2. The molecule has 25 heavy (non-hydrogen) atoms. The molecule has 4 heteroatoms. The van der Waals surface area contributed by atoms with Gasteiger partial charge in [0.25, 0.3) is 0 Å². The molecule has 0 saturated carbocycles. The minimum atomic E-state index is 0.0245. The number of phenolic OH excluding ortho intramolecular Hbond substituents is 1. The van der Waals surface area contributed by atoms with Gasteiger partial charge in [0, 0.05) is 5.56 Å². The Bertz CT molecular complexity index is 804.